The van der Waals surface area contributed by atoms with Gasteiger partial charge in [-0.2, -0.15) is 20.4 Å². The lowest BCUT2D eigenvalue weighted by atomic mass is 10.0. The summed E-state index contributed by atoms with van der Waals surface area (Å²) in [5, 5.41) is 47.6. The maximum atomic E-state index is 13.6. The van der Waals surface area contributed by atoms with Crippen molar-refractivity contribution < 1.29 is 37.5 Å². The Morgan fingerprint density at radius 1 is 0.379 bits per heavy atom. The van der Waals surface area contributed by atoms with E-state index in [0.717, 1.165) is 199 Å². The predicted octanol–water partition coefficient (Wildman–Crippen LogP) is 20.3. The van der Waals surface area contributed by atoms with Crippen molar-refractivity contribution >= 4 is 56.0 Å². The third kappa shape index (κ3) is 16.6. The topological polar surface area (TPSA) is 322 Å². The standard InChI is InChI=1S/C27H26N6O2.C27H27N5O2.C25H25N5O.C24H21N5O3/c1-16-24(17(2)35-31-16)19-11-23-25(28-12-19)22(20-13-29-32(3)14-20)15-33(23)26(18-7-5-4-6-8-18)27(34)30-21-9-10-21;1-17-26(19(3)34-30-17)21-11-25-27(28-12-21)24(15-31(25)18(2)20-7-5-4-6-8-20)22-13-29-32(14-22)23-9-10-33-16-23;1-15-21(13-29(5)27-15)22-14-30(17(3)19-9-7-6-8-10-19)23-11-20(12-26-25(22)23)24-16(2)28-31-18(24)4;1-14-21(15(2)32-27-14)17-9-20-22(25-10-17)19(18-11-26-28(3)12-18)13-29(20)23(24(30)31)16-7-5-4-6-8-16/h4-8,11-15,21,26H,9-10H2,1-3H3,(H,30,34);4-8,11-15,18,23H,9-10,16H2,1-3H3;6-14,17H,1-5H3;4-13,23H,1-3H3,(H,30,31). The van der Waals surface area contributed by atoms with E-state index >= 15 is 0 Å². The first kappa shape index (κ1) is 85.6. The fourth-order valence-corrected chi connectivity index (χ4v) is 18.4. The van der Waals surface area contributed by atoms with E-state index in [0.29, 0.717) is 35.0 Å². The zero-order valence-electron chi connectivity index (χ0n) is 75.8. The van der Waals surface area contributed by atoms with Crippen LogP contribution in [0.1, 0.15) is 137 Å². The smallest absolute Gasteiger partial charge is 0.331 e. The van der Waals surface area contributed by atoms with Crippen molar-refractivity contribution in [2.24, 2.45) is 21.1 Å². The predicted molar refractivity (Wildman–Crippen MR) is 504 cm³/mol. The molecule has 5 unspecified atom stereocenters. The second kappa shape index (κ2) is 35.7. The lowest BCUT2D eigenvalue weighted by molar-refractivity contribution is -0.139. The number of rotatable bonds is 20. The average molecular weight is 1760 g/mol. The number of carboxylic acid groups (broad SMARTS) is 1. The minimum atomic E-state index is -0.950. The van der Waals surface area contributed by atoms with Crippen molar-refractivity contribution in [2.45, 2.75) is 132 Å². The van der Waals surface area contributed by atoms with E-state index in [1.807, 2.05) is 232 Å². The minimum absolute atomic E-state index is 0.0175. The average Bonchev–Trinajstić information content (AvgIpc) is 1.62. The van der Waals surface area contributed by atoms with E-state index < -0.39 is 18.1 Å². The van der Waals surface area contributed by atoms with Crippen LogP contribution in [0.4, 0.5) is 0 Å². The van der Waals surface area contributed by atoms with Gasteiger partial charge in [-0.25, -0.2) is 4.79 Å². The summed E-state index contributed by atoms with van der Waals surface area (Å²) >= 11 is 0. The van der Waals surface area contributed by atoms with Crippen LogP contribution in [0, 0.1) is 62.3 Å². The second-order valence-corrected chi connectivity index (χ2v) is 34.2. The van der Waals surface area contributed by atoms with Gasteiger partial charge in [-0.1, -0.05) is 142 Å². The summed E-state index contributed by atoms with van der Waals surface area (Å²) < 4.78 is 42.9. The number of aromatic nitrogens is 20. The maximum absolute atomic E-state index is 13.6. The molecule has 29 heteroatoms. The Morgan fingerprint density at radius 3 is 1.08 bits per heavy atom. The third-order valence-electron chi connectivity index (χ3n) is 25.1. The highest BCUT2D eigenvalue weighted by Crippen LogP contribution is 2.44. The number of nitrogens with zero attached hydrogens (tertiary/aromatic N) is 20. The van der Waals surface area contributed by atoms with Crippen LogP contribution >= 0.6 is 0 Å². The molecule has 1 saturated carbocycles. The summed E-state index contributed by atoms with van der Waals surface area (Å²) in [5.74, 6) is 2.06. The van der Waals surface area contributed by atoms with Crippen molar-refractivity contribution in [2.75, 3.05) is 13.2 Å². The Hall–Kier alpha value is -15.8. The normalized spacial score (nSPS) is 14.1. The monoisotopic (exact) mass is 1760 g/mol. The molecule has 132 heavy (non-hydrogen) atoms. The first-order valence-corrected chi connectivity index (χ1v) is 44.1. The van der Waals surface area contributed by atoms with Crippen molar-refractivity contribution in [3.05, 3.63) is 312 Å². The van der Waals surface area contributed by atoms with E-state index in [1.165, 1.54) is 11.1 Å². The molecule has 1 aliphatic carbocycles. The van der Waals surface area contributed by atoms with Crippen LogP contribution < -0.4 is 5.32 Å². The number of fused-ring (bicyclic) bond motifs is 4. The van der Waals surface area contributed by atoms with Gasteiger partial charge in [-0.05, 0) is 142 Å². The largest absolute Gasteiger partial charge is 0.479 e. The van der Waals surface area contributed by atoms with E-state index in [-0.39, 0.29) is 24.0 Å². The number of amides is 1. The van der Waals surface area contributed by atoms with E-state index in [1.54, 1.807) is 26.3 Å². The molecular weight excluding hydrogens is 1660 g/mol. The molecule has 1 saturated heterocycles. The molecule has 5 atom stereocenters. The molecule has 1 aliphatic heterocycles. The maximum Gasteiger partial charge on any atom is 0.331 e. The summed E-state index contributed by atoms with van der Waals surface area (Å²) in [6.45, 7) is 23.3. The molecule has 2 aliphatic rings. The highest BCUT2D eigenvalue weighted by molar-refractivity contribution is 6.00. The van der Waals surface area contributed by atoms with Crippen LogP contribution in [-0.2, 0) is 35.5 Å². The fourth-order valence-electron chi connectivity index (χ4n) is 18.4. The molecule has 2 fully saturated rings. The molecule has 22 rings (SSSR count). The van der Waals surface area contributed by atoms with E-state index in [2.05, 4.69) is 161 Å². The first-order valence-electron chi connectivity index (χ1n) is 44.1. The number of nitrogens with one attached hydrogen (secondary N) is 1. The van der Waals surface area contributed by atoms with Gasteiger partial charge in [0, 0.05) is 197 Å². The van der Waals surface area contributed by atoms with Crippen molar-refractivity contribution in [3.8, 4) is 89.0 Å². The second-order valence-electron chi connectivity index (χ2n) is 34.2. The summed E-state index contributed by atoms with van der Waals surface area (Å²) in [6, 6.07) is 48.0. The number of hydrogen-bond donors (Lipinski definition) is 2. The van der Waals surface area contributed by atoms with Crippen LogP contribution in [-0.4, -0.2) is 134 Å². The number of aliphatic carboxylic acids is 1. The number of carbonyl (C=O) groups excluding carboxylic acids is 1. The molecule has 1 amide bonds. The van der Waals surface area contributed by atoms with Crippen molar-refractivity contribution in [1.29, 1.82) is 0 Å². The van der Waals surface area contributed by atoms with Crippen molar-refractivity contribution in [3.63, 3.8) is 0 Å². The van der Waals surface area contributed by atoms with Gasteiger partial charge in [0.2, 0.25) is 5.91 Å². The SMILES string of the molecule is Cc1nn(C)cc1-c1cn(C(C)c2ccccc2)c2cc(-c3c(C)noc3C)cnc12.Cc1noc(C)c1-c1cnc2c(-c3cnn(C)c3)cn(C(C(=O)NC3CC3)c3ccccc3)c2c1.Cc1noc(C)c1-c1cnc2c(-c3cnn(C)c3)cn(C(C(=O)O)c3ccccc3)c2c1.Cc1noc(C)c1-c1cnc2c(-c3cnn(C4CCOC4)c3)cn(C(C)c3ccccc3)c2c1. The van der Waals surface area contributed by atoms with Gasteiger partial charge in [0.05, 0.1) is 116 Å². The Bertz CT molecular complexity index is 7550. The van der Waals surface area contributed by atoms with Gasteiger partial charge in [0.15, 0.2) is 6.04 Å². The third-order valence-corrected chi connectivity index (χ3v) is 25.1. The highest BCUT2D eigenvalue weighted by Gasteiger charge is 2.34. The summed E-state index contributed by atoms with van der Waals surface area (Å²) in [4.78, 5) is 45.5. The molecule has 4 aromatic carbocycles. The number of hydrogen-bond acceptors (Lipinski definition) is 19. The molecule has 0 bridgehead atoms. The Labute approximate surface area is 759 Å². The molecule has 17 heterocycles. The lowest BCUT2D eigenvalue weighted by Crippen LogP contribution is -2.34. The first-order chi connectivity index (χ1) is 64.0. The van der Waals surface area contributed by atoms with Gasteiger partial charge in [0.25, 0.3) is 0 Å². The van der Waals surface area contributed by atoms with Gasteiger partial charge in [0.1, 0.15) is 29.1 Å². The molecule has 664 valence electrons. The Kier molecular flexibility index (Phi) is 23.2. The summed E-state index contributed by atoms with van der Waals surface area (Å²) in [7, 11) is 5.68. The molecule has 20 aromatic rings. The van der Waals surface area contributed by atoms with Crippen LogP contribution in [0.2, 0.25) is 0 Å². The quantitative estimate of drug-likeness (QED) is 0.0716. The van der Waals surface area contributed by atoms with Gasteiger partial charge in [-0.15, -0.1) is 0 Å². The number of aryl methyl sites for hydroxylation is 12. The molecule has 0 spiro atoms. The summed E-state index contributed by atoms with van der Waals surface area (Å²) in [5.41, 5.74) is 31.0. The minimum Gasteiger partial charge on any atom is -0.479 e. The highest BCUT2D eigenvalue weighted by atomic mass is 16.5. The molecule has 29 nitrogen and oxygen atoms in total. The molecule has 2 N–H and O–H groups in total. The molecule has 16 aromatic heterocycles. The number of pyridine rings is 4. The van der Waals surface area contributed by atoms with Crippen LogP contribution in [0.5, 0.6) is 0 Å². The van der Waals surface area contributed by atoms with Gasteiger partial charge in [-0.3, -0.25) is 43.5 Å². The lowest BCUT2D eigenvalue weighted by Gasteiger charge is -2.20. The molecular formula is C103H99N21O8. The van der Waals surface area contributed by atoms with E-state index in [9.17, 15) is 14.7 Å². The van der Waals surface area contributed by atoms with Gasteiger partial charge < -0.3 is 51.5 Å². The van der Waals surface area contributed by atoms with Crippen molar-refractivity contribution in [1.82, 2.24) is 103 Å². The summed E-state index contributed by atoms with van der Waals surface area (Å²) in [6.07, 6.45) is 32.3. The number of ether oxygens (including phenoxy) is 1. The Balaban J connectivity index is 0.000000114. The van der Waals surface area contributed by atoms with E-state index in [4.69, 9.17) is 42.8 Å². The van der Waals surface area contributed by atoms with Crippen LogP contribution in [0.3, 0.4) is 0 Å². The zero-order chi connectivity index (χ0) is 91.4. The van der Waals surface area contributed by atoms with Crippen LogP contribution in [0.15, 0.2) is 257 Å². The fraction of sp³-hybridized carbons (Fsp3) is 0.243. The number of carboxylic acids is 1. The number of benzene rings is 4. The Morgan fingerprint density at radius 2 is 0.735 bits per heavy atom. The number of carbonyl (C=O) groups is 2. The van der Waals surface area contributed by atoms with Gasteiger partial charge >= 0.3 is 5.97 Å². The van der Waals surface area contributed by atoms with Crippen LogP contribution in [0.25, 0.3) is 133 Å². The molecule has 0 radical (unpaired) electrons. The zero-order valence-corrected chi connectivity index (χ0v) is 75.8.